The van der Waals surface area contributed by atoms with Crippen LogP contribution in [0.4, 0.5) is 0 Å². The summed E-state index contributed by atoms with van der Waals surface area (Å²) in [5, 5.41) is 0. The number of rotatable bonds is 5. The molecule has 0 radical (unpaired) electrons. The van der Waals surface area contributed by atoms with Crippen LogP contribution in [-0.2, 0) is 17.8 Å². The first kappa shape index (κ1) is 17.2. The molecule has 8 nitrogen and oxygen atoms in total. The van der Waals surface area contributed by atoms with E-state index in [0.29, 0.717) is 23.6 Å². The molecular weight excluding hydrogens is 322 g/mol. The van der Waals surface area contributed by atoms with Crippen molar-refractivity contribution in [1.29, 1.82) is 0 Å². The number of aryl methyl sites for hydroxylation is 1. The van der Waals surface area contributed by atoms with Gasteiger partial charge in [-0.15, -0.1) is 0 Å². The second-order valence-corrected chi connectivity index (χ2v) is 6.60. The summed E-state index contributed by atoms with van der Waals surface area (Å²) in [5.41, 5.74) is 0.0779. The number of imidazole rings is 1. The summed E-state index contributed by atoms with van der Waals surface area (Å²) in [6, 6.07) is 0. The number of amides is 1. The fourth-order valence-corrected chi connectivity index (χ4v) is 3.37. The van der Waals surface area contributed by atoms with Crippen LogP contribution >= 0.6 is 0 Å². The van der Waals surface area contributed by atoms with Crippen molar-refractivity contribution in [3.63, 3.8) is 0 Å². The molecule has 0 atom stereocenters. The summed E-state index contributed by atoms with van der Waals surface area (Å²) in [5.74, 6) is 0.619. The van der Waals surface area contributed by atoms with Gasteiger partial charge in [-0.3, -0.25) is 14.6 Å². The Kier molecular flexibility index (Phi) is 5.16. The summed E-state index contributed by atoms with van der Waals surface area (Å²) in [6.45, 7) is 4.12. The van der Waals surface area contributed by atoms with E-state index in [2.05, 4.69) is 19.5 Å². The maximum absolute atomic E-state index is 12.4. The van der Waals surface area contributed by atoms with Gasteiger partial charge in [0.1, 0.15) is 0 Å². The average Bonchev–Trinajstić information content (AvgIpc) is 3.07. The molecule has 1 aliphatic rings. The van der Waals surface area contributed by atoms with Gasteiger partial charge in [0.05, 0.1) is 6.33 Å². The normalized spacial score (nSPS) is 15.5. The fourth-order valence-electron chi connectivity index (χ4n) is 3.37. The number of piperidine rings is 1. The quantitative estimate of drug-likeness (QED) is 0.820. The van der Waals surface area contributed by atoms with Crippen molar-refractivity contribution in [2.45, 2.75) is 39.2 Å². The van der Waals surface area contributed by atoms with Crippen LogP contribution in [0.1, 0.15) is 30.5 Å². The Hall–Kier alpha value is -2.64. The van der Waals surface area contributed by atoms with Gasteiger partial charge in [0.25, 0.3) is 5.56 Å². The first-order valence-electron chi connectivity index (χ1n) is 8.58. The van der Waals surface area contributed by atoms with Crippen LogP contribution in [0, 0.1) is 12.8 Å². The van der Waals surface area contributed by atoms with Crippen LogP contribution in [0.2, 0.25) is 0 Å². The van der Waals surface area contributed by atoms with Gasteiger partial charge in [0.2, 0.25) is 5.91 Å². The van der Waals surface area contributed by atoms with Crippen LogP contribution in [0.15, 0.2) is 28.3 Å². The molecule has 1 amide bonds. The number of H-pyrrole nitrogens is 2. The van der Waals surface area contributed by atoms with Gasteiger partial charge in [-0.05, 0) is 32.1 Å². The predicted octanol–water partition coefficient (Wildman–Crippen LogP) is 0.440. The Labute approximate surface area is 144 Å². The number of hydrogen-bond acceptors (Lipinski definition) is 4. The zero-order chi connectivity index (χ0) is 17.8. The summed E-state index contributed by atoms with van der Waals surface area (Å²) < 4.78 is 2.08. The number of carbonyl (C=O) groups is 1. The molecule has 1 aliphatic heterocycles. The molecule has 8 heteroatoms. The van der Waals surface area contributed by atoms with Crippen LogP contribution in [0.3, 0.4) is 0 Å². The lowest BCUT2D eigenvalue weighted by Gasteiger charge is -2.32. The van der Waals surface area contributed by atoms with E-state index in [1.807, 2.05) is 17.4 Å². The zero-order valence-corrected chi connectivity index (χ0v) is 14.3. The van der Waals surface area contributed by atoms with Crippen molar-refractivity contribution >= 4 is 5.91 Å². The van der Waals surface area contributed by atoms with Crippen molar-refractivity contribution in [3.05, 3.63) is 50.8 Å². The average molecular weight is 345 g/mol. The molecule has 2 N–H and O–H groups in total. The third-order valence-electron chi connectivity index (χ3n) is 4.84. The number of nitrogens with one attached hydrogen (secondary N) is 2. The second kappa shape index (κ2) is 7.50. The molecule has 2 aromatic heterocycles. The minimum atomic E-state index is -0.516. The number of aromatic nitrogens is 4. The standard InChI is InChI=1S/C17H23N5O3/c1-12-14(16(24)20-17(25)19-12)2-3-15(23)22-7-4-13(5-8-22)10-21-9-6-18-11-21/h6,9,11,13H,2-5,7-8,10H2,1H3,(H2,19,20,24,25). The SMILES string of the molecule is Cc1[nH]c(=O)[nH]c(=O)c1CCC(=O)N1CCC(Cn2ccnc2)CC1. The summed E-state index contributed by atoms with van der Waals surface area (Å²) in [6.07, 6.45) is 8.13. The van der Waals surface area contributed by atoms with E-state index in [1.165, 1.54) is 0 Å². The van der Waals surface area contributed by atoms with Crippen molar-refractivity contribution in [2.24, 2.45) is 5.92 Å². The lowest BCUT2D eigenvalue weighted by atomic mass is 9.96. The van der Waals surface area contributed by atoms with Gasteiger partial charge in [-0.1, -0.05) is 0 Å². The van der Waals surface area contributed by atoms with Gasteiger partial charge in [0, 0.05) is 49.7 Å². The molecular formula is C17H23N5O3. The monoisotopic (exact) mass is 345 g/mol. The number of carbonyl (C=O) groups excluding carboxylic acids is 1. The first-order chi connectivity index (χ1) is 12.0. The van der Waals surface area contributed by atoms with E-state index in [-0.39, 0.29) is 12.3 Å². The Morgan fingerprint density at radius 3 is 2.68 bits per heavy atom. The molecule has 0 unspecified atom stereocenters. The molecule has 0 saturated carbocycles. The number of hydrogen-bond donors (Lipinski definition) is 2. The van der Waals surface area contributed by atoms with E-state index < -0.39 is 11.2 Å². The minimum Gasteiger partial charge on any atom is -0.343 e. The maximum Gasteiger partial charge on any atom is 0.325 e. The molecule has 0 aliphatic carbocycles. The highest BCUT2D eigenvalue weighted by molar-refractivity contribution is 5.76. The highest BCUT2D eigenvalue weighted by atomic mass is 16.2. The summed E-state index contributed by atoms with van der Waals surface area (Å²) in [4.78, 5) is 46.2. The maximum atomic E-state index is 12.4. The van der Waals surface area contributed by atoms with Crippen LogP contribution in [-0.4, -0.2) is 43.4 Å². The van der Waals surface area contributed by atoms with E-state index in [1.54, 1.807) is 13.1 Å². The molecule has 0 bridgehead atoms. The highest BCUT2D eigenvalue weighted by Gasteiger charge is 2.23. The summed E-state index contributed by atoms with van der Waals surface area (Å²) >= 11 is 0. The van der Waals surface area contributed by atoms with Gasteiger partial charge in [-0.2, -0.15) is 0 Å². The van der Waals surface area contributed by atoms with Crippen molar-refractivity contribution in [3.8, 4) is 0 Å². The van der Waals surface area contributed by atoms with Gasteiger partial charge >= 0.3 is 5.69 Å². The predicted molar refractivity (Wildman–Crippen MR) is 92.3 cm³/mol. The molecule has 134 valence electrons. The Balaban J connectivity index is 1.50. The topological polar surface area (TPSA) is 104 Å². The molecule has 0 aromatic carbocycles. The molecule has 2 aromatic rings. The highest BCUT2D eigenvalue weighted by Crippen LogP contribution is 2.20. The minimum absolute atomic E-state index is 0.0612. The number of likely N-dealkylation sites (tertiary alicyclic amines) is 1. The van der Waals surface area contributed by atoms with Crippen LogP contribution < -0.4 is 11.2 Å². The summed E-state index contributed by atoms with van der Waals surface area (Å²) in [7, 11) is 0. The third kappa shape index (κ3) is 4.26. The Morgan fingerprint density at radius 2 is 2.04 bits per heavy atom. The Morgan fingerprint density at radius 1 is 1.28 bits per heavy atom. The third-order valence-corrected chi connectivity index (χ3v) is 4.84. The number of nitrogens with zero attached hydrogens (tertiary/aromatic N) is 3. The zero-order valence-electron chi connectivity index (χ0n) is 14.3. The van der Waals surface area contributed by atoms with E-state index >= 15 is 0 Å². The van der Waals surface area contributed by atoms with Crippen LogP contribution in [0.25, 0.3) is 0 Å². The molecule has 0 spiro atoms. The van der Waals surface area contributed by atoms with Gasteiger partial charge in [0.15, 0.2) is 0 Å². The molecule has 1 saturated heterocycles. The van der Waals surface area contributed by atoms with Crippen molar-refractivity contribution < 1.29 is 4.79 Å². The molecule has 1 fully saturated rings. The lowest BCUT2D eigenvalue weighted by Crippen LogP contribution is -2.39. The first-order valence-corrected chi connectivity index (χ1v) is 8.58. The van der Waals surface area contributed by atoms with Crippen LogP contribution in [0.5, 0.6) is 0 Å². The van der Waals surface area contributed by atoms with Gasteiger partial charge < -0.3 is 14.5 Å². The largest absolute Gasteiger partial charge is 0.343 e. The van der Waals surface area contributed by atoms with E-state index in [0.717, 1.165) is 32.5 Å². The smallest absolute Gasteiger partial charge is 0.325 e. The molecule has 3 heterocycles. The van der Waals surface area contributed by atoms with Crippen molar-refractivity contribution in [1.82, 2.24) is 24.4 Å². The van der Waals surface area contributed by atoms with Gasteiger partial charge in [-0.25, -0.2) is 9.78 Å². The van der Waals surface area contributed by atoms with Crippen molar-refractivity contribution in [2.75, 3.05) is 13.1 Å². The van der Waals surface area contributed by atoms with E-state index in [4.69, 9.17) is 0 Å². The fraction of sp³-hybridized carbons (Fsp3) is 0.529. The lowest BCUT2D eigenvalue weighted by molar-refractivity contribution is -0.132. The number of aromatic amines is 2. The van der Waals surface area contributed by atoms with E-state index in [9.17, 15) is 14.4 Å². The Bertz CT molecular complexity index is 829. The molecule has 3 rings (SSSR count). The second-order valence-electron chi connectivity index (χ2n) is 6.60. The molecule has 25 heavy (non-hydrogen) atoms.